The number of ether oxygens (including phenoxy) is 3. The van der Waals surface area contributed by atoms with Gasteiger partial charge in [-0.1, -0.05) is 68.4 Å². The van der Waals surface area contributed by atoms with Crippen molar-refractivity contribution in [2.45, 2.75) is 44.6 Å². The first-order valence-corrected chi connectivity index (χ1v) is 17.6. The predicted molar refractivity (Wildman–Crippen MR) is 207 cm³/mol. The number of allylic oxidation sites excluding steroid dienone is 5. The van der Waals surface area contributed by atoms with Crippen LogP contribution in [0.4, 0.5) is 4.39 Å². The van der Waals surface area contributed by atoms with E-state index < -0.39 is 12.1 Å². The van der Waals surface area contributed by atoms with E-state index in [1.54, 1.807) is 42.3 Å². The molecule has 1 aliphatic carbocycles. The van der Waals surface area contributed by atoms with Gasteiger partial charge in [-0.2, -0.15) is 10.2 Å². The first-order valence-electron chi connectivity index (χ1n) is 16.8. The molecule has 2 N–H and O–H groups in total. The van der Waals surface area contributed by atoms with Crippen LogP contribution in [0.15, 0.2) is 108 Å². The fourth-order valence-corrected chi connectivity index (χ4v) is 5.54. The van der Waals surface area contributed by atoms with Gasteiger partial charge in [0, 0.05) is 67.5 Å². The first kappa shape index (κ1) is 42.0. The Morgan fingerprint density at radius 1 is 1.15 bits per heavy atom. The second-order valence-corrected chi connectivity index (χ2v) is 13.1. The average Bonchev–Trinajstić information content (AvgIpc) is 3.89. The van der Waals surface area contributed by atoms with E-state index in [9.17, 15) is 9.18 Å². The second kappa shape index (κ2) is 21.8. The highest BCUT2D eigenvalue weighted by molar-refractivity contribution is 6.34. The maximum absolute atomic E-state index is 14.9. The van der Waals surface area contributed by atoms with Crippen molar-refractivity contribution in [1.29, 1.82) is 5.41 Å². The first-order chi connectivity index (χ1) is 24.9. The molecule has 2 fully saturated rings. The number of aromatic nitrogens is 3. The number of nitrogens with one attached hydrogen (secondary N) is 2. The molecular formula is C37H49Cl2FN8O4. The Bertz CT molecular complexity index is 1660. The molecule has 282 valence electrons. The standard InChI is InChI=1S/C31H45FN8O4.C6H4Cl2/c1-23(11-12-24(2)39-22-36-40(31(39)41)19-27-9-7-8-10-27)37(5)15-16-38(6)26(4)29(32)17-25(3)42-20-28-21-43-30(44-28)18-35-34-14-13-33;7-5-2-1-3-6(8)4-5/h11-14,17,22,27-28,30,33,35H,1-4,7-10,15-16,18-21H2,5-6H3;1-4H/b12-11-,29-17+,33-13?,34-14-;. The molecule has 1 saturated carbocycles. The summed E-state index contributed by atoms with van der Waals surface area (Å²) >= 11 is 11.1. The van der Waals surface area contributed by atoms with Crippen molar-refractivity contribution in [3.8, 4) is 0 Å². The van der Waals surface area contributed by atoms with E-state index in [4.69, 9.17) is 42.8 Å². The summed E-state index contributed by atoms with van der Waals surface area (Å²) in [5.41, 5.74) is 3.91. The highest BCUT2D eigenvalue weighted by atomic mass is 35.5. The summed E-state index contributed by atoms with van der Waals surface area (Å²) in [4.78, 5) is 16.4. The zero-order valence-electron chi connectivity index (χ0n) is 29.9. The molecule has 2 atom stereocenters. The van der Waals surface area contributed by atoms with Gasteiger partial charge in [0.05, 0.1) is 25.1 Å². The average molecular weight is 760 g/mol. The van der Waals surface area contributed by atoms with Gasteiger partial charge in [0.15, 0.2) is 6.29 Å². The Balaban J connectivity index is 0.000000801. The molecule has 0 bridgehead atoms. The lowest BCUT2D eigenvalue weighted by atomic mass is 10.1. The Hall–Kier alpha value is -4.43. The van der Waals surface area contributed by atoms with Crippen LogP contribution in [0.3, 0.4) is 0 Å². The number of nitrogens with zero attached hydrogens (tertiary/aromatic N) is 6. The van der Waals surface area contributed by atoms with Gasteiger partial charge in [0.2, 0.25) is 0 Å². The van der Waals surface area contributed by atoms with Gasteiger partial charge in [-0.3, -0.25) is 4.57 Å². The number of hydrogen-bond donors (Lipinski definition) is 2. The predicted octanol–water partition coefficient (Wildman–Crippen LogP) is 6.50. The molecule has 2 heterocycles. The lowest BCUT2D eigenvalue weighted by Gasteiger charge is -2.26. The number of hydrogen-bond acceptors (Lipinski definition) is 10. The van der Waals surface area contributed by atoms with Crippen molar-refractivity contribution in [2.24, 2.45) is 11.0 Å². The third-order valence-corrected chi connectivity index (χ3v) is 8.72. The molecule has 2 aromatic rings. The van der Waals surface area contributed by atoms with Crippen molar-refractivity contribution in [2.75, 3.05) is 46.9 Å². The number of likely N-dealkylation sites (N-methyl/N-ethyl adjacent to an activating group) is 2. The minimum absolute atomic E-state index is 0.136. The third-order valence-electron chi connectivity index (χ3n) is 8.25. The Morgan fingerprint density at radius 3 is 2.50 bits per heavy atom. The van der Waals surface area contributed by atoms with E-state index in [0.29, 0.717) is 60.1 Å². The lowest BCUT2D eigenvalue weighted by molar-refractivity contribution is -0.0636. The molecule has 4 rings (SSSR count). The SMILES string of the molecule is C=C(/C=C(/F)C(=C)N(C)CCN(C)C(=C)/C=C\C(=C)n1cnn(CC2CCCC2)c1=O)OCC1COC(CN/N=C\C=N)O1.Clc1cccc(Cl)c1. The van der Waals surface area contributed by atoms with Crippen LogP contribution in [0.2, 0.25) is 10.0 Å². The van der Waals surface area contributed by atoms with Crippen LogP contribution in [0, 0.1) is 11.3 Å². The summed E-state index contributed by atoms with van der Waals surface area (Å²) < 4.78 is 34.5. The molecule has 12 nitrogen and oxygen atoms in total. The van der Waals surface area contributed by atoms with Crippen molar-refractivity contribution < 1.29 is 18.6 Å². The maximum atomic E-state index is 14.9. The van der Waals surface area contributed by atoms with Crippen LogP contribution in [-0.2, 0) is 20.8 Å². The fraction of sp³-hybridized carbons (Fsp3) is 0.405. The van der Waals surface area contributed by atoms with Crippen LogP contribution in [-0.4, -0.2) is 95.9 Å². The molecule has 1 aromatic heterocycles. The monoisotopic (exact) mass is 758 g/mol. The van der Waals surface area contributed by atoms with Gasteiger partial charge >= 0.3 is 5.69 Å². The van der Waals surface area contributed by atoms with Gasteiger partial charge in [-0.15, -0.1) is 0 Å². The highest BCUT2D eigenvalue weighted by Gasteiger charge is 2.26. The minimum Gasteiger partial charge on any atom is -0.491 e. The smallest absolute Gasteiger partial charge is 0.350 e. The van der Waals surface area contributed by atoms with E-state index >= 15 is 0 Å². The molecule has 0 radical (unpaired) electrons. The summed E-state index contributed by atoms with van der Waals surface area (Å²) in [5, 5.41) is 16.3. The van der Waals surface area contributed by atoms with Crippen LogP contribution in [0.5, 0.6) is 0 Å². The van der Waals surface area contributed by atoms with E-state index in [1.165, 1.54) is 40.7 Å². The van der Waals surface area contributed by atoms with E-state index in [1.807, 2.05) is 18.0 Å². The summed E-state index contributed by atoms with van der Waals surface area (Å²) in [6.45, 7) is 18.2. The summed E-state index contributed by atoms with van der Waals surface area (Å²) in [6.07, 6.45) is 12.4. The highest BCUT2D eigenvalue weighted by Crippen LogP contribution is 2.25. The topological polar surface area (TPSA) is 122 Å². The second-order valence-electron chi connectivity index (χ2n) is 12.3. The van der Waals surface area contributed by atoms with Crippen molar-refractivity contribution in [1.82, 2.24) is 29.6 Å². The maximum Gasteiger partial charge on any atom is 0.350 e. The number of hydrazone groups is 1. The molecule has 1 aliphatic heterocycles. The van der Waals surface area contributed by atoms with Gasteiger partial charge in [-0.05, 0) is 49.1 Å². The molecule has 0 amide bonds. The molecule has 0 spiro atoms. The Morgan fingerprint density at radius 2 is 1.85 bits per heavy atom. The Labute approximate surface area is 315 Å². The normalized spacial score (nSPS) is 17.5. The van der Waals surface area contributed by atoms with Crippen molar-refractivity contribution in [3.63, 3.8) is 0 Å². The van der Waals surface area contributed by atoms with E-state index in [-0.39, 0.29) is 29.9 Å². The minimum atomic E-state index is -0.566. The molecule has 1 aromatic carbocycles. The lowest BCUT2D eigenvalue weighted by Crippen LogP contribution is -2.29. The van der Waals surface area contributed by atoms with Crippen molar-refractivity contribution in [3.05, 3.63) is 119 Å². The molecule has 15 heteroatoms. The number of rotatable bonds is 19. The number of benzene rings is 1. The molecule has 1 saturated heterocycles. The Kier molecular flexibility index (Phi) is 17.6. The van der Waals surface area contributed by atoms with Gasteiger partial charge in [-0.25, -0.2) is 13.9 Å². The zero-order chi connectivity index (χ0) is 38.0. The van der Waals surface area contributed by atoms with Gasteiger partial charge in [0.25, 0.3) is 0 Å². The van der Waals surface area contributed by atoms with E-state index in [2.05, 4.69) is 41.9 Å². The van der Waals surface area contributed by atoms with Crippen LogP contribution < -0.4 is 11.1 Å². The fourth-order valence-electron chi connectivity index (χ4n) is 5.10. The van der Waals surface area contributed by atoms with Gasteiger partial charge in [0.1, 0.15) is 30.6 Å². The van der Waals surface area contributed by atoms with Crippen LogP contribution in [0.25, 0.3) is 5.70 Å². The molecule has 52 heavy (non-hydrogen) atoms. The molecular weight excluding hydrogens is 710 g/mol. The van der Waals surface area contributed by atoms with Gasteiger partial charge < -0.3 is 34.8 Å². The zero-order valence-corrected chi connectivity index (χ0v) is 31.4. The summed E-state index contributed by atoms with van der Waals surface area (Å²) in [7, 11) is 3.62. The largest absolute Gasteiger partial charge is 0.491 e. The van der Waals surface area contributed by atoms with Crippen LogP contribution in [0.1, 0.15) is 25.7 Å². The van der Waals surface area contributed by atoms with Crippen LogP contribution >= 0.6 is 23.2 Å². The number of halogens is 3. The van der Waals surface area contributed by atoms with E-state index in [0.717, 1.165) is 19.1 Å². The summed E-state index contributed by atoms with van der Waals surface area (Å²) in [5.74, 6) is 0.0781. The molecule has 2 unspecified atom stereocenters. The van der Waals surface area contributed by atoms with Crippen molar-refractivity contribution >= 4 is 41.3 Å². The molecule has 2 aliphatic rings. The third kappa shape index (κ3) is 14.3. The summed E-state index contributed by atoms with van der Waals surface area (Å²) in [6, 6.07) is 7.08. The quantitative estimate of drug-likeness (QED) is 0.0722.